The van der Waals surface area contributed by atoms with Gasteiger partial charge in [-0.3, -0.25) is 0 Å². The lowest BCUT2D eigenvalue weighted by Crippen LogP contribution is -2.22. The van der Waals surface area contributed by atoms with Crippen molar-refractivity contribution in [1.82, 2.24) is 4.98 Å². The maximum absolute atomic E-state index is 5.10. The van der Waals surface area contributed by atoms with E-state index in [0.29, 0.717) is 10.7 Å². The van der Waals surface area contributed by atoms with Gasteiger partial charge in [-0.1, -0.05) is 42.8 Å². The molecule has 0 aliphatic carbocycles. The van der Waals surface area contributed by atoms with E-state index in [-0.39, 0.29) is 5.41 Å². The molecule has 0 spiro atoms. The number of halogens is 1. The van der Waals surface area contributed by atoms with Gasteiger partial charge in [-0.15, -0.1) is 0 Å². The molecule has 1 aromatic heterocycles. The third-order valence-corrected chi connectivity index (χ3v) is 4.02. The zero-order valence-electron chi connectivity index (χ0n) is 9.75. The normalized spacial score (nSPS) is 13.7. The summed E-state index contributed by atoms with van der Waals surface area (Å²) >= 11 is 3.70. The Morgan fingerprint density at radius 1 is 1.40 bits per heavy atom. The topological polar surface area (TPSA) is 22.1 Å². The average Bonchev–Trinajstić information content (AvgIpc) is 2.16. The minimum atomic E-state index is 0.241. The van der Waals surface area contributed by atoms with Crippen molar-refractivity contribution in [3.05, 3.63) is 23.9 Å². The van der Waals surface area contributed by atoms with Gasteiger partial charge < -0.3 is 4.74 Å². The van der Waals surface area contributed by atoms with Gasteiger partial charge in [0.15, 0.2) is 0 Å². The van der Waals surface area contributed by atoms with Crippen LogP contribution in [0.4, 0.5) is 0 Å². The molecule has 0 N–H and O–H groups in total. The summed E-state index contributed by atoms with van der Waals surface area (Å²) in [4.78, 5) is 4.81. The van der Waals surface area contributed by atoms with Crippen molar-refractivity contribution in [1.29, 1.82) is 0 Å². The summed E-state index contributed by atoms with van der Waals surface area (Å²) in [7, 11) is 1.64. The number of rotatable bonds is 3. The van der Waals surface area contributed by atoms with E-state index in [1.54, 1.807) is 7.11 Å². The number of hydrogen-bond acceptors (Lipinski definition) is 2. The highest BCUT2D eigenvalue weighted by molar-refractivity contribution is 9.09. The van der Waals surface area contributed by atoms with Gasteiger partial charge in [0.2, 0.25) is 5.88 Å². The molecule has 0 amide bonds. The Morgan fingerprint density at radius 2 is 2.07 bits per heavy atom. The van der Waals surface area contributed by atoms with E-state index in [2.05, 4.69) is 41.7 Å². The van der Waals surface area contributed by atoms with Gasteiger partial charge in [-0.25, -0.2) is 4.98 Å². The summed E-state index contributed by atoms with van der Waals surface area (Å²) in [5.41, 5.74) is 1.30. The van der Waals surface area contributed by atoms with E-state index in [4.69, 9.17) is 4.74 Å². The van der Waals surface area contributed by atoms with Crippen LogP contribution in [0.3, 0.4) is 0 Å². The molecule has 1 atom stereocenters. The van der Waals surface area contributed by atoms with Gasteiger partial charge >= 0.3 is 0 Å². The van der Waals surface area contributed by atoms with Gasteiger partial charge in [0.25, 0.3) is 0 Å². The van der Waals surface area contributed by atoms with Crippen LogP contribution >= 0.6 is 15.9 Å². The van der Waals surface area contributed by atoms with Crippen molar-refractivity contribution in [2.45, 2.75) is 32.0 Å². The molecule has 0 saturated carbocycles. The Kier molecular flexibility index (Phi) is 4.14. The standard InChI is InChI=1S/C12H18BrNO/c1-12(2,3)10(13)8-9-6-5-7-11(14-9)15-4/h5-7,10H,8H2,1-4H3. The maximum Gasteiger partial charge on any atom is 0.213 e. The fraction of sp³-hybridized carbons (Fsp3) is 0.583. The van der Waals surface area contributed by atoms with Gasteiger partial charge in [-0.05, 0) is 11.5 Å². The molecule has 1 heterocycles. The smallest absolute Gasteiger partial charge is 0.213 e. The van der Waals surface area contributed by atoms with Gasteiger partial charge in [-0.2, -0.15) is 0 Å². The van der Waals surface area contributed by atoms with E-state index in [0.717, 1.165) is 12.1 Å². The molecule has 0 radical (unpaired) electrons. The second kappa shape index (κ2) is 4.97. The molecule has 84 valence electrons. The van der Waals surface area contributed by atoms with Crippen molar-refractivity contribution in [3.63, 3.8) is 0 Å². The Hall–Kier alpha value is -0.570. The summed E-state index contributed by atoms with van der Waals surface area (Å²) in [5, 5.41) is 0. The number of nitrogens with zero attached hydrogens (tertiary/aromatic N) is 1. The Bertz CT molecular complexity index is 320. The number of aromatic nitrogens is 1. The van der Waals surface area contributed by atoms with Crippen molar-refractivity contribution in [2.24, 2.45) is 5.41 Å². The fourth-order valence-corrected chi connectivity index (χ4v) is 1.51. The molecule has 15 heavy (non-hydrogen) atoms. The van der Waals surface area contributed by atoms with E-state index in [9.17, 15) is 0 Å². The molecule has 0 aromatic carbocycles. The summed E-state index contributed by atoms with van der Waals surface area (Å²) in [6.07, 6.45) is 0.917. The quantitative estimate of drug-likeness (QED) is 0.786. The molecule has 3 heteroatoms. The predicted octanol–water partition coefficient (Wildman–Crippen LogP) is 3.44. The highest BCUT2D eigenvalue weighted by Gasteiger charge is 2.22. The van der Waals surface area contributed by atoms with Crippen LogP contribution in [0.25, 0.3) is 0 Å². The number of pyridine rings is 1. The summed E-state index contributed by atoms with van der Waals surface area (Å²) in [5.74, 6) is 0.682. The van der Waals surface area contributed by atoms with Crippen LogP contribution in [0, 0.1) is 5.41 Å². The van der Waals surface area contributed by atoms with E-state index in [1.807, 2.05) is 18.2 Å². The third-order valence-electron chi connectivity index (χ3n) is 2.32. The molecular formula is C12H18BrNO. The lowest BCUT2D eigenvalue weighted by Gasteiger charge is -2.25. The van der Waals surface area contributed by atoms with E-state index in [1.165, 1.54) is 0 Å². The van der Waals surface area contributed by atoms with Crippen LogP contribution in [-0.2, 0) is 6.42 Å². The van der Waals surface area contributed by atoms with Crippen molar-refractivity contribution in [3.8, 4) is 5.88 Å². The maximum atomic E-state index is 5.10. The predicted molar refractivity (Wildman–Crippen MR) is 66.7 cm³/mol. The fourth-order valence-electron chi connectivity index (χ4n) is 1.17. The molecule has 0 aliphatic rings. The number of alkyl halides is 1. The molecule has 0 saturated heterocycles. The largest absolute Gasteiger partial charge is 0.481 e. The van der Waals surface area contributed by atoms with Crippen LogP contribution < -0.4 is 4.74 Å². The summed E-state index contributed by atoms with van der Waals surface area (Å²) < 4.78 is 5.10. The number of hydrogen-bond donors (Lipinski definition) is 0. The molecular weight excluding hydrogens is 254 g/mol. The number of ether oxygens (including phenoxy) is 1. The van der Waals surface area contributed by atoms with E-state index >= 15 is 0 Å². The third kappa shape index (κ3) is 3.82. The Morgan fingerprint density at radius 3 is 2.60 bits per heavy atom. The lowest BCUT2D eigenvalue weighted by molar-refractivity contribution is 0.385. The molecule has 1 rings (SSSR count). The van der Waals surface area contributed by atoms with Crippen molar-refractivity contribution >= 4 is 15.9 Å². The second-order valence-corrected chi connectivity index (χ2v) is 5.81. The van der Waals surface area contributed by atoms with Gasteiger partial charge in [0.05, 0.1) is 7.11 Å². The molecule has 1 unspecified atom stereocenters. The minimum absolute atomic E-state index is 0.241. The minimum Gasteiger partial charge on any atom is -0.481 e. The number of methoxy groups -OCH3 is 1. The van der Waals surface area contributed by atoms with Crippen LogP contribution in [0.5, 0.6) is 5.88 Å². The van der Waals surface area contributed by atoms with Crippen LogP contribution in [0.15, 0.2) is 18.2 Å². The molecule has 0 aliphatic heterocycles. The van der Waals surface area contributed by atoms with Crippen LogP contribution in [0.1, 0.15) is 26.5 Å². The van der Waals surface area contributed by atoms with Crippen LogP contribution in [0.2, 0.25) is 0 Å². The highest BCUT2D eigenvalue weighted by atomic mass is 79.9. The first kappa shape index (κ1) is 12.5. The second-order valence-electron chi connectivity index (χ2n) is 4.71. The first-order valence-electron chi connectivity index (χ1n) is 5.07. The van der Waals surface area contributed by atoms with Crippen molar-refractivity contribution < 1.29 is 4.74 Å². The lowest BCUT2D eigenvalue weighted by atomic mass is 9.89. The molecule has 0 fully saturated rings. The molecule has 0 bridgehead atoms. The Balaban J connectivity index is 2.72. The van der Waals surface area contributed by atoms with Crippen LogP contribution in [-0.4, -0.2) is 16.9 Å². The first-order valence-corrected chi connectivity index (χ1v) is 5.99. The zero-order valence-corrected chi connectivity index (χ0v) is 11.3. The monoisotopic (exact) mass is 271 g/mol. The first-order chi connectivity index (χ1) is 6.93. The average molecular weight is 272 g/mol. The van der Waals surface area contributed by atoms with Crippen molar-refractivity contribution in [2.75, 3.05) is 7.11 Å². The van der Waals surface area contributed by atoms with Gasteiger partial charge in [0, 0.05) is 23.0 Å². The zero-order chi connectivity index (χ0) is 11.5. The molecule has 2 nitrogen and oxygen atoms in total. The van der Waals surface area contributed by atoms with Gasteiger partial charge in [0.1, 0.15) is 0 Å². The summed E-state index contributed by atoms with van der Waals surface area (Å²) in [6.45, 7) is 6.64. The Labute approximate surface area is 100 Å². The van der Waals surface area contributed by atoms with E-state index < -0.39 is 0 Å². The molecule has 1 aromatic rings. The highest BCUT2D eigenvalue weighted by Crippen LogP contribution is 2.28. The SMILES string of the molecule is COc1cccc(CC(Br)C(C)(C)C)n1. The summed E-state index contributed by atoms with van der Waals surface area (Å²) in [6, 6.07) is 5.87.